The molecule has 0 N–H and O–H groups in total. The van der Waals surface area contributed by atoms with Crippen molar-refractivity contribution < 1.29 is 17.9 Å². The Kier molecular flexibility index (Phi) is 4.45. The molecule has 0 radical (unpaired) electrons. The van der Waals surface area contributed by atoms with Gasteiger partial charge in [-0.15, -0.1) is 4.40 Å². The summed E-state index contributed by atoms with van der Waals surface area (Å²) in [6.45, 7) is 0. The highest BCUT2D eigenvalue weighted by molar-refractivity contribution is 7.90. The van der Waals surface area contributed by atoms with Crippen LogP contribution in [0, 0.1) is 0 Å². The maximum absolute atomic E-state index is 12.1. The Hall–Kier alpha value is -2.87. The van der Waals surface area contributed by atoms with Crippen molar-refractivity contribution in [3.05, 3.63) is 53.6 Å². The summed E-state index contributed by atoms with van der Waals surface area (Å²) >= 11 is 0. The second kappa shape index (κ2) is 6.56. The summed E-state index contributed by atoms with van der Waals surface area (Å²) in [7, 11) is 1.10. The molecular formula is C17H17N3O4S. The van der Waals surface area contributed by atoms with Crippen molar-refractivity contribution in [2.45, 2.75) is 4.90 Å². The molecule has 25 heavy (non-hydrogen) atoms. The van der Waals surface area contributed by atoms with Gasteiger partial charge in [0, 0.05) is 24.2 Å². The van der Waals surface area contributed by atoms with Gasteiger partial charge in [0.1, 0.15) is 16.4 Å². The molecule has 0 amide bonds. The van der Waals surface area contributed by atoms with Crippen LogP contribution in [0.4, 0.5) is 0 Å². The quantitative estimate of drug-likeness (QED) is 0.617. The second-order valence-electron chi connectivity index (χ2n) is 5.26. The van der Waals surface area contributed by atoms with E-state index in [4.69, 9.17) is 9.47 Å². The monoisotopic (exact) mass is 359 g/mol. The lowest BCUT2D eigenvalue weighted by molar-refractivity contribution is 0.394. The molecule has 7 nitrogen and oxygen atoms in total. The zero-order chi connectivity index (χ0) is 18.0. The highest BCUT2D eigenvalue weighted by Crippen LogP contribution is 2.27. The van der Waals surface area contributed by atoms with Gasteiger partial charge >= 0.3 is 0 Å². The molecule has 130 valence electrons. The van der Waals surface area contributed by atoms with E-state index in [-0.39, 0.29) is 10.7 Å². The summed E-state index contributed by atoms with van der Waals surface area (Å²) in [6, 6.07) is 12.0. The van der Waals surface area contributed by atoms with Crippen molar-refractivity contribution in [3.8, 4) is 11.5 Å². The first-order valence-corrected chi connectivity index (χ1v) is 8.84. The molecule has 1 aliphatic rings. The van der Waals surface area contributed by atoms with Gasteiger partial charge in [-0.05, 0) is 24.3 Å². The van der Waals surface area contributed by atoms with Crippen molar-refractivity contribution in [3.63, 3.8) is 0 Å². The van der Waals surface area contributed by atoms with E-state index in [2.05, 4.69) is 9.50 Å². The molecule has 8 heteroatoms. The van der Waals surface area contributed by atoms with E-state index in [9.17, 15) is 8.42 Å². The Labute approximate surface area is 146 Å². The Morgan fingerprint density at radius 3 is 2.60 bits per heavy atom. The van der Waals surface area contributed by atoms with E-state index in [1.807, 2.05) is 0 Å². The van der Waals surface area contributed by atoms with Gasteiger partial charge in [0.2, 0.25) is 0 Å². The number of rotatable bonds is 4. The van der Waals surface area contributed by atoms with E-state index >= 15 is 0 Å². The zero-order valence-electron chi connectivity index (χ0n) is 14.0. The number of hydrogen-bond acceptors (Lipinski definition) is 6. The molecule has 2 aromatic rings. The largest absolute Gasteiger partial charge is 0.497 e. The smallest absolute Gasteiger partial charge is 0.285 e. The zero-order valence-corrected chi connectivity index (χ0v) is 14.8. The fourth-order valence-electron chi connectivity index (χ4n) is 2.45. The number of benzene rings is 2. The number of methoxy groups -OCH3 is 2. The van der Waals surface area contributed by atoms with Crippen molar-refractivity contribution in [2.24, 2.45) is 9.50 Å². The first-order valence-electron chi connectivity index (χ1n) is 7.40. The Morgan fingerprint density at radius 1 is 1.12 bits per heavy atom. The first kappa shape index (κ1) is 17.0. The molecule has 0 spiro atoms. The first-order chi connectivity index (χ1) is 12.0. The molecule has 1 heterocycles. The number of hydrogen-bond donors (Lipinski definition) is 0. The second-order valence-corrected chi connectivity index (χ2v) is 6.83. The molecule has 0 unspecified atom stereocenters. The minimum Gasteiger partial charge on any atom is -0.497 e. The molecule has 0 aromatic heterocycles. The fraction of sp³-hybridized carbons (Fsp3) is 0.176. The fourth-order valence-corrected chi connectivity index (χ4v) is 3.68. The van der Waals surface area contributed by atoms with Crippen LogP contribution in [0.1, 0.15) is 11.1 Å². The van der Waals surface area contributed by atoms with Crippen molar-refractivity contribution in [2.75, 3.05) is 21.3 Å². The Bertz CT molecular complexity index is 968. The lowest BCUT2D eigenvalue weighted by Crippen LogP contribution is -2.21. The SMILES string of the molecule is COc1ccc(C=NN(C)C2=NS(=O)(=O)c3ccccc32)c(OC)c1. The normalized spacial score (nSPS) is 14.9. The highest BCUT2D eigenvalue weighted by Gasteiger charge is 2.30. The van der Waals surface area contributed by atoms with Crippen molar-refractivity contribution >= 4 is 22.1 Å². The average Bonchev–Trinajstić information content (AvgIpc) is 2.91. The van der Waals surface area contributed by atoms with E-state index in [0.29, 0.717) is 17.1 Å². The van der Waals surface area contributed by atoms with Crippen LogP contribution in [0.3, 0.4) is 0 Å². The van der Waals surface area contributed by atoms with Crippen LogP contribution >= 0.6 is 0 Å². The minimum atomic E-state index is -3.67. The van der Waals surface area contributed by atoms with Crippen LogP contribution in [0.25, 0.3) is 0 Å². The summed E-state index contributed by atoms with van der Waals surface area (Å²) in [5.41, 5.74) is 1.26. The number of sulfonamides is 1. The van der Waals surface area contributed by atoms with Crippen LogP contribution in [0.15, 0.2) is 56.9 Å². The van der Waals surface area contributed by atoms with Gasteiger partial charge in [0.15, 0.2) is 5.84 Å². The van der Waals surface area contributed by atoms with Gasteiger partial charge in [-0.1, -0.05) is 12.1 Å². The van der Waals surface area contributed by atoms with Gasteiger partial charge in [-0.25, -0.2) is 5.01 Å². The van der Waals surface area contributed by atoms with E-state index < -0.39 is 10.0 Å². The number of nitrogens with zero attached hydrogens (tertiary/aromatic N) is 3. The lowest BCUT2D eigenvalue weighted by atomic mass is 10.2. The molecule has 0 aliphatic carbocycles. The average molecular weight is 359 g/mol. The van der Waals surface area contributed by atoms with Gasteiger partial charge in [0.05, 0.1) is 20.4 Å². The number of fused-ring (bicyclic) bond motifs is 1. The van der Waals surface area contributed by atoms with Gasteiger partial charge in [0.25, 0.3) is 10.0 Å². The third kappa shape index (κ3) is 3.20. The molecule has 0 bridgehead atoms. The standard InChI is InChI=1S/C17H17N3O4S/c1-20(17-14-6-4-5-7-16(14)25(21,22)19-17)18-11-12-8-9-13(23-2)10-15(12)24-3/h4-11H,1-3H3. The third-order valence-corrected chi connectivity index (χ3v) is 5.05. The van der Waals surface area contributed by atoms with Gasteiger partial charge < -0.3 is 9.47 Å². The van der Waals surface area contributed by atoms with E-state index in [1.54, 1.807) is 63.9 Å². The van der Waals surface area contributed by atoms with Crippen molar-refractivity contribution in [1.29, 1.82) is 0 Å². The third-order valence-electron chi connectivity index (χ3n) is 3.73. The summed E-state index contributed by atoms with van der Waals surface area (Å²) in [5, 5.41) is 5.72. The summed E-state index contributed by atoms with van der Waals surface area (Å²) < 4.78 is 38.5. The highest BCUT2D eigenvalue weighted by atomic mass is 32.2. The van der Waals surface area contributed by atoms with Gasteiger partial charge in [-0.3, -0.25) is 0 Å². The predicted molar refractivity (Wildman–Crippen MR) is 95.1 cm³/mol. The molecule has 0 fully saturated rings. The van der Waals surface area contributed by atoms with Crippen LogP contribution in [-0.2, 0) is 10.0 Å². The molecular weight excluding hydrogens is 342 g/mol. The number of ether oxygens (including phenoxy) is 2. The van der Waals surface area contributed by atoms with Gasteiger partial charge in [-0.2, -0.15) is 13.5 Å². The Balaban J connectivity index is 1.91. The maximum Gasteiger partial charge on any atom is 0.285 e. The summed E-state index contributed by atoms with van der Waals surface area (Å²) in [5.74, 6) is 1.54. The van der Waals surface area contributed by atoms with Crippen LogP contribution in [0.2, 0.25) is 0 Å². The summed E-state index contributed by atoms with van der Waals surface area (Å²) in [4.78, 5) is 0.189. The summed E-state index contributed by atoms with van der Waals surface area (Å²) in [6.07, 6.45) is 1.58. The number of hydrazone groups is 1. The molecule has 1 aliphatic heterocycles. The predicted octanol–water partition coefficient (Wildman–Crippen LogP) is 2.12. The van der Waals surface area contributed by atoms with E-state index in [1.165, 1.54) is 11.1 Å². The molecule has 0 saturated heterocycles. The molecule has 0 saturated carbocycles. The Morgan fingerprint density at radius 2 is 1.88 bits per heavy atom. The van der Waals surface area contributed by atoms with Crippen LogP contribution in [-0.4, -0.2) is 46.7 Å². The molecule has 0 atom stereocenters. The number of amidine groups is 1. The topological polar surface area (TPSA) is 80.6 Å². The van der Waals surface area contributed by atoms with Crippen LogP contribution in [0.5, 0.6) is 11.5 Å². The lowest BCUT2D eigenvalue weighted by Gasteiger charge is -2.13. The molecule has 3 rings (SSSR count). The maximum atomic E-state index is 12.1. The van der Waals surface area contributed by atoms with Crippen LogP contribution < -0.4 is 9.47 Å². The molecule has 2 aromatic carbocycles. The van der Waals surface area contributed by atoms with Crippen molar-refractivity contribution in [1.82, 2.24) is 5.01 Å². The minimum absolute atomic E-state index is 0.189. The van der Waals surface area contributed by atoms with E-state index in [0.717, 1.165) is 5.56 Å².